The van der Waals surface area contributed by atoms with E-state index in [-0.39, 0.29) is 17.2 Å². The molecule has 9 heteroatoms. The number of carbonyl (C=O) groups is 1. The number of rotatable bonds is 8. The van der Waals surface area contributed by atoms with E-state index >= 15 is 0 Å². The molecule has 0 aliphatic carbocycles. The van der Waals surface area contributed by atoms with Gasteiger partial charge in [-0.1, -0.05) is 52.0 Å². The van der Waals surface area contributed by atoms with E-state index in [4.69, 9.17) is 4.74 Å². The van der Waals surface area contributed by atoms with Crippen molar-refractivity contribution in [3.05, 3.63) is 93.2 Å². The number of amides is 1. The van der Waals surface area contributed by atoms with Crippen LogP contribution in [-0.4, -0.2) is 33.5 Å². The van der Waals surface area contributed by atoms with Gasteiger partial charge >= 0.3 is 0 Å². The minimum absolute atomic E-state index is 0.0406. The zero-order valence-corrected chi connectivity index (χ0v) is 21.6. The Balaban J connectivity index is 1.57. The molecular weight excluding hydrogens is 528 g/mol. The van der Waals surface area contributed by atoms with Gasteiger partial charge in [0.15, 0.2) is 5.16 Å². The number of fused-ring (bicyclic) bond motifs is 1. The lowest BCUT2D eigenvalue weighted by Gasteiger charge is -2.13. The summed E-state index contributed by atoms with van der Waals surface area (Å²) in [5.41, 5.74) is 5.19. The number of hydrogen-bond acceptors (Lipinski definition) is 6. The lowest BCUT2D eigenvalue weighted by molar-refractivity contribution is -0.118. The lowest BCUT2D eigenvalue weighted by Crippen LogP contribution is -2.24. The third kappa shape index (κ3) is 5.98. The average molecular weight is 551 g/mol. The maximum Gasteiger partial charge on any atom is 0.266 e. The standard InChI is InChI=1S/C26H23BrN4O3S/c1-3-34-21-14-12-20(13-15-21)31-25(33)22-6-4-5-7-23(22)28-26(31)35-16-24(32)30-29-17(2)18-8-10-19(27)11-9-18/h4-15H,3,16H2,1-2H3,(H,30,32). The van der Waals surface area contributed by atoms with E-state index < -0.39 is 0 Å². The molecule has 4 rings (SSSR count). The number of nitrogens with one attached hydrogen (secondary N) is 1. The van der Waals surface area contributed by atoms with Crippen molar-refractivity contribution in [3.8, 4) is 11.4 Å². The molecule has 0 fully saturated rings. The number of nitrogens with zero attached hydrogens (tertiary/aromatic N) is 3. The third-order valence-electron chi connectivity index (χ3n) is 5.09. The van der Waals surface area contributed by atoms with E-state index in [0.717, 1.165) is 10.0 Å². The largest absolute Gasteiger partial charge is 0.494 e. The van der Waals surface area contributed by atoms with E-state index in [0.29, 0.717) is 39.8 Å². The smallest absolute Gasteiger partial charge is 0.266 e. The summed E-state index contributed by atoms with van der Waals surface area (Å²) in [6.45, 7) is 4.29. The first-order valence-electron chi connectivity index (χ1n) is 10.9. The Kier molecular flexibility index (Phi) is 7.99. The monoisotopic (exact) mass is 550 g/mol. The van der Waals surface area contributed by atoms with Gasteiger partial charge in [-0.15, -0.1) is 0 Å². The molecule has 1 amide bonds. The van der Waals surface area contributed by atoms with Crippen molar-refractivity contribution in [1.29, 1.82) is 0 Å². The predicted molar refractivity (Wildman–Crippen MR) is 144 cm³/mol. The second-order valence-electron chi connectivity index (χ2n) is 7.51. The van der Waals surface area contributed by atoms with E-state index in [1.54, 1.807) is 42.5 Å². The normalized spacial score (nSPS) is 11.5. The van der Waals surface area contributed by atoms with Crippen LogP contribution in [0.25, 0.3) is 16.6 Å². The van der Waals surface area contributed by atoms with Crippen molar-refractivity contribution in [1.82, 2.24) is 15.0 Å². The van der Waals surface area contributed by atoms with Crippen LogP contribution in [0, 0.1) is 0 Å². The van der Waals surface area contributed by atoms with E-state index in [2.05, 4.69) is 31.4 Å². The minimum Gasteiger partial charge on any atom is -0.494 e. The van der Waals surface area contributed by atoms with Gasteiger partial charge in [-0.3, -0.25) is 14.2 Å². The summed E-state index contributed by atoms with van der Waals surface area (Å²) in [4.78, 5) is 30.6. The summed E-state index contributed by atoms with van der Waals surface area (Å²) in [6, 6.07) is 22.1. The van der Waals surface area contributed by atoms with Crippen LogP contribution in [0.4, 0.5) is 0 Å². The number of aromatic nitrogens is 2. The molecule has 0 unspecified atom stereocenters. The van der Waals surface area contributed by atoms with Crippen LogP contribution < -0.4 is 15.7 Å². The summed E-state index contributed by atoms with van der Waals surface area (Å²) in [5.74, 6) is 0.455. The molecule has 178 valence electrons. The SMILES string of the molecule is CCOc1ccc(-n2c(SCC(=O)NN=C(C)c3ccc(Br)cc3)nc3ccccc3c2=O)cc1. The molecule has 0 spiro atoms. The summed E-state index contributed by atoms with van der Waals surface area (Å²) in [7, 11) is 0. The lowest BCUT2D eigenvalue weighted by atomic mass is 10.1. The van der Waals surface area contributed by atoms with Crippen molar-refractivity contribution in [2.75, 3.05) is 12.4 Å². The molecule has 35 heavy (non-hydrogen) atoms. The molecular formula is C26H23BrN4O3S. The Hall–Kier alpha value is -3.43. The fourth-order valence-electron chi connectivity index (χ4n) is 3.36. The van der Waals surface area contributed by atoms with Gasteiger partial charge in [0, 0.05) is 4.47 Å². The van der Waals surface area contributed by atoms with Gasteiger partial charge in [0.1, 0.15) is 5.75 Å². The van der Waals surface area contributed by atoms with Crippen molar-refractivity contribution in [3.63, 3.8) is 0 Å². The minimum atomic E-state index is -0.299. The van der Waals surface area contributed by atoms with Crippen molar-refractivity contribution in [2.45, 2.75) is 19.0 Å². The molecule has 1 heterocycles. The van der Waals surface area contributed by atoms with Gasteiger partial charge in [-0.25, -0.2) is 10.4 Å². The Morgan fingerprint density at radius 1 is 1.09 bits per heavy atom. The average Bonchev–Trinajstić information content (AvgIpc) is 2.87. The first-order valence-corrected chi connectivity index (χ1v) is 12.7. The van der Waals surface area contributed by atoms with Crippen LogP contribution in [0.5, 0.6) is 5.75 Å². The van der Waals surface area contributed by atoms with Gasteiger partial charge in [-0.2, -0.15) is 5.10 Å². The van der Waals surface area contributed by atoms with Gasteiger partial charge < -0.3 is 4.74 Å². The van der Waals surface area contributed by atoms with Crippen LogP contribution in [0.2, 0.25) is 0 Å². The summed E-state index contributed by atoms with van der Waals surface area (Å²) in [6.07, 6.45) is 0. The molecule has 0 radical (unpaired) electrons. The third-order valence-corrected chi connectivity index (χ3v) is 6.56. The van der Waals surface area contributed by atoms with Crippen LogP contribution in [0.15, 0.2) is 92.3 Å². The van der Waals surface area contributed by atoms with Gasteiger partial charge in [0.25, 0.3) is 11.5 Å². The zero-order valence-electron chi connectivity index (χ0n) is 19.2. The first kappa shape index (κ1) is 24.7. The molecule has 0 saturated heterocycles. The highest BCUT2D eigenvalue weighted by Gasteiger charge is 2.15. The fourth-order valence-corrected chi connectivity index (χ4v) is 4.43. The molecule has 0 bridgehead atoms. The zero-order chi connectivity index (χ0) is 24.8. The van der Waals surface area contributed by atoms with Gasteiger partial charge in [0.2, 0.25) is 0 Å². The summed E-state index contributed by atoms with van der Waals surface area (Å²) < 4.78 is 8.00. The van der Waals surface area contributed by atoms with Crippen LogP contribution in [0.3, 0.4) is 0 Å². The Labute approximate surface area is 215 Å². The fraction of sp³-hybridized carbons (Fsp3) is 0.154. The predicted octanol–water partition coefficient (Wildman–Crippen LogP) is 5.18. The maximum atomic E-state index is 13.4. The highest BCUT2D eigenvalue weighted by Crippen LogP contribution is 2.23. The number of benzene rings is 3. The van der Waals surface area contributed by atoms with Crippen molar-refractivity contribution in [2.24, 2.45) is 5.10 Å². The van der Waals surface area contributed by atoms with Gasteiger partial charge in [0.05, 0.1) is 34.7 Å². The number of ether oxygens (including phenoxy) is 1. The van der Waals surface area contributed by atoms with E-state index in [1.165, 1.54) is 16.3 Å². The molecule has 4 aromatic rings. The number of halogens is 1. The second kappa shape index (κ2) is 11.3. The molecule has 7 nitrogen and oxygen atoms in total. The van der Waals surface area contributed by atoms with Crippen molar-refractivity contribution < 1.29 is 9.53 Å². The molecule has 3 aromatic carbocycles. The molecule has 0 aliphatic rings. The number of hydrogen-bond donors (Lipinski definition) is 1. The Morgan fingerprint density at radius 2 is 1.80 bits per heavy atom. The number of hydrazone groups is 1. The first-order chi connectivity index (χ1) is 17.0. The van der Waals surface area contributed by atoms with Crippen LogP contribution in [0.1, 0.15) is 19.4 Å². The van der Waals surface area contributed by atoms with E-state index in [1.807, 2.05) is 44.2 Å². The second-order valence-corrected chi connectivity index (χ2v) is 9.36. The molecule has 1 N–H and O–H groups in total. The van der Waals surface area contributed by atoms with E-state index in [9.17, 15) is 9.59 Å². The quantitative estimate of drug-likeness (QED) is 0.141. The molecule has 1 aromatic heterocycles. The van der Waals surface area contributed by atoms with Crippen molar-refractivity contribution >= 4 is 50.2 Å². The Bertz CT molecular complexity index is 1430. The maximum absolute atomic E-state index is 13.4. The highest BCUT2D eigenvalue weighted by atomic mass is 79.9. The summed E-state index contributed by atoms with van der Waals surface area (Å²) >= 11 is 4.58. The van der Waals surface area contributed by atoms with Crippen LogP contribution in [-0.2, 0) is 4.79 Å². The molecule has 0 aliphatic heterocycles. The number of thioether (sulfide) groups is 1. The Morgan fingerprint density at radius 3 is 2.51 bits per heavy atom. The van der Waals surface area contributed by atoms with Crippen LogP contribution >= 0.6 is 27.7 Å². The molecule has 0 saturated carbocycles. The topological polar surface area (TPSA) is 85.6 Å². The van der Waals surface area contributed by atoms with Gasteiger partial charge in [-0.05, 0) is 67.9 Å². The molecule has 0 atom stereocenters. The number of para-hydroxylation sites is 1. The number of carbonyl (C=O) groups excluding carboxylic acids is 1. The summed E-state index contributed by atoms with van der Waals surface area (Å²) in [5, 5.41) is 5.12. The highest BCUT2D eigenvalue weighted by molar-refractivity contribution is 9.10.